The van der Waals surface area contributed by atoms with Crippen LogP contribution in [-0.2, 0) is 9.59 Å². The Hall–Kier alpha value is -3.10. The standard InChI is InChI=1S/C15H17N5O4/c1-23-10-3-4-11(12(6-10)24-2)20-7-9(5-13(20)21)14(22)18-15-16-8-17-19-15/h3-4,6,8-9H,5,7H2,1-2H3,(H2,16,17,18,19,22)/t9-/m1/s1. The minimum Gasteiger partial charge on any atom is -0.497 e. The quantitative estimate of drug-likeness (QED) is 0.839. The number of rotatable bonds is 5. The molecule has 0 radical (unpaired) electrons. The van der Waals surface area contributed by atoms with E-state index in [-0.39, 0.29) is 30.7 Å². The topological polar surface area (TPSA) is 109 Å². The lowest BCUT2D eigenvalue weighted by molar-refractivity contribution is -0.122. The Kier molecular flexibility index (Phi) is 4.32. The van der Waals surface area contributed by atoms with Crippen LogP contribution in [0.4, 0.5) is 11.6 Å². The van der Waals surface area contributed by atoms with E-state index in [2.05, 4.69) is 20.5 Å². The van der Waals surface area contributed by atoms with Crippen LogP contribution in [0.2, 0.25) is 0 Å². The molecule has 0 aliphatic carbocycles. The van der Waals surface area contributed by atoms with Gasteiger partial charge in [0.15, 0.2) is 0 Å². The van der Waals surface area contributed by atoms with Gasteiger partial charge in [0.2, 0.25) is 17.8 Å². The van der Waals surface area contributed by atoms with Crippen molar-refractivity contribution in [1.82, 2.24) is 15.2 Å². The average Bonchev–Trinajstić information content (AvgIpc) is 3.23. The number of anilines is 2. The lowest BCUT2D eigenvalue weighted by atomic mass is 10.1. The number of ether oxygens (including phenoxy) is 2. The van der Waals surface area contributed by atoms with Crippen LogP contribution in [-0.4, -0.2) is 47.8 Å². The van der Waals surface area contributed by atoms with Crippen LogP contribution in [0.1, 0.15) is 6.42 Å². The molecule has 0 spiro atoms. The molecule has 1 aliphatic heterocycles. The molecule has 24 heavy (non-hydrogen) atoms. The molecule has 1 fully saturated rings. The third kappa shape index (κ3) is 3.00. The molecule has 126 valence electrons. The van der Waals surface area contributed by atoms with Gasteiger partial charge in [-0.3, -0.25) is 14.9 Å². The zero-order valence-electron chi connectivity index (χ0n) is 13.3. The van der Waals surface area contributed by atoms with Gasteiger partial charge in [0, 0.05) is 19.0 Å². The van der Waals surface area contributed by atoms with Crippen molar-refractivity contribution in [3.05, 3.63) is 24.5 Å². The first kappa shape index (κ1) is 15.8. The second kappa shape index (κ2) is 6.57. The second-order valence-electron chi connectivity index (χ2n) is 5.27. The number of aromatic amines is 1. The Morgan fingerprint density at radius 1 is 1.38 bits per heavy atom. The highest BCUT2D eigenvalue weighted by Gasteiger charge is 2.36. The molecule has 9 heteroatoms. The summed E-state index contributed by atoms with van der Waals surface area (Å²) >= 11 is 0. The fourth-order valence-electron chi connectivity index (χ4n) is 2.61. The van der Waals surface area contributed by atoms with Crippen LogP contribution in [0, 0.1) is 5.92 Å². The van der Waals surface area contributed by atoms with Gasteiger partial charge in [0.1, 0.15) is 17.8 Å². The van der Waals surface area contributed by atoms with Gasteiger partial charge in [-0.05, 0) is 12.1 Å². The van der Waals surface area contributed by atoms with Gasteiger partial charge in [0.05, 0.1) is 25.8 Å². The summed E-state index contributed by atoms with van der Waals surface area (Å²) in [4.78, 5) is 30.0. The average molecular weight is 331 g/mol. The first-order valence-electron chi connectivity index (χ1n) is 7.31. The fourth-order valence-corrected chi connectivity index (χ4v) is 2.61. The molecular weight excluding hydrogens is 314 g/mol. The number of carbonyl (C=O) groups excluding carboxylic acids is 2. The summed E-state index contributed by atoms with van der Waals surface area (Å²) in [6, 6.07) is 5.18. The Morgan fingerprint density at radius 2 is 2.21 bits per heavy atom. The van der Waals surface area contributed by atoms with Gasteiger partial charge in [-0.15, -0.1) is 0 Å². The number of nitrogens with zero attached hydrogens (tertiary/aromatic N) is 3. The maximum Gasteiger partial charge on any atom is 0.232 e. The van der Waals surface area contributed by atoms with Gasteiger partial charge in [-0.1, -0.05) is 0 Å². The van der Waals surface area contributed by atoms with E-state index in [9.17, 15) is 9.59 Å². The van der Waals surface area contributed by atoms with Crippen LogP contribution >= 0.6 is 0 Å². The van der Waals surface area contributed by atoms with Crippen LogP contribution in [0.25, 0.3) is 0 Å². The second-order valence-corrected chi connectivity index (χ2v) is 5.27. The van der Waals surface area contributed by atoms with E-state index in [1.807, 2.05) is 0 Å². The Bertz CT molecular complexity index is 746. The van der Waals surface area contributed by atoms with E-state index < -0.39 is 5.92 Å². The molecule has 9 nitrogen and oxygen atoms in total. The van der Waals surface area contributed by atoms with E-state index in [0.717, 1.165) is 0 Å². The van der Waals surface area contributed by atoms with Gasteiger partial charge < -0.3 is 14.4 Å². The maximum atomic E-state index is 12.3. The molecule has 2 N–H and O–H groups in total. The summed E-state index contributed by atoms with van der Waals surface area (Å²) in [5, 5.41) is 8.82. The highest BCUT2D eigenvalue weighted by Crippen LogP contribution is 2.35. The Balaban J connectivity index is 1.76. The van der Waals surface area contributed by atoms with Crippen LogP contribution in [0.15, 0.2) is 24.5 Å². The summed E-state index contributed by atoms with van der Waals surface area (Å²) in [6.45, 7) is 0.265. The zero-order chi connectivity index (χ0) is 17.1. The minimum absolute atomic E-state index is 0.120. The van der Waals surface area contributed by atoms with Gasteiger partial charge in [0.25, 0.3) is 0 Å². The van der Waals surface area contributed by atoms with Crippen LogP contribution < -0.4 is 19.7 Å². The van der Waals surface area contributed by atoms with Gasteiger partial charge in [-0.2, -0.15) is 10.1 Å². The zero-order valence-corrected chi connectivity index (χ0v) is 13.3. The van der Waals surface area contributed by atoms with Crippen molar-refractivity contribution < 1.29 is 19.1 Å². The number of amides is 2. The van der Waals surface area contributed by atoms with Crippen LogP contribution in [0.5, 0.6) is 11.5 Å². The molecule has 2 heterocycles. The molecule has 1 saturated heterocycles. The predicted molar refractivity (Wildman–Crippen MR) is 85.0 cm³/mol. The van der Waals surface area contributed by atoms with Crippen molar-refractivity contribution in [2.75, 3.05) is 31.0 Å². The third-order valence-electron chi connectivity index (χ3n) is 3.83. The minimum atomic E-state index is -0.477. The number of hydrogen-bond donors (Lipinski definition) is 2. The largest absolute Gasteiger partial charge is 0.497 e. The summed E-state index contributed by atoms with van der Waals surface area (Å²) in [5.41, 5.74) is 0.610. The molecule has 3 rings (SSSR count). The summed E-state index contributed by atoms with van der Waals surface area (Å²) < 4.78 is 10.5. The van der Waals surface area contributed by atoms with E-state index in [1.54, 1.807) is 30.2 Å². The number of aromatic nitrogens is 3. The van der Waals surface area contributed by atoms with Crippen molar-refractivity contribution in [1.29, 1.82) is 0 Å². The van der Waals surface area contributed by atoms with Crippen LogP contribution in [0.3, 0.4) is 0 Å². The van der Waals surface area contributed by atoms with Gasteiger partial charge in [-0.25, -0.2) is 5.10 Å². The molecule has 2 aromatic rings. The van der Waals surface area contributed by atoms with Crippen molar-refractivity contribution in [2.24, 2.45) is 5.92 Å². The van der Waals surface area contributed by atoms with E-state index in [1.165, 1.54) is 13.4 Å². The Morgan fingerprint density at radius 3 is 2.88 bits per heavy atom. The Labute approximate surface area is 138 Å². The first-order chi connectivity index (χ1) is 11.6. The highest BCUT2D eigenvalue weighted by atomic mass is 16.5. The monoisotopic (exact) mass is 331 g/mol. The highest BCUT2D eigenvalue weighted by molar-refractivity contribution is 6.03. The molecule has 1 atom stereocenters. The van der Waals surface area contributed by atoms with Crippen molar-refractivity contribution in [3.63, 3.8) is 0 Å². The number of hydrogen-bond acceptors (Lipinski definition) is 6. The maximum absolute atomic E-state index is 12.3. The predicted octanol–water partition coefficient (Wildman–Crippen LogP) is 0.813. The smallest absolute Gasteiger partial charge is 0.232 e. The van der Waals surface area contributed by atoms with E-state index >= 15 is 0 Å². The summed E-state index contributed by atoms with van der Waals surface area (Å²) in [5.74, 6) is 0.495. The summed E-state index contributed by atoms with van der Waals surface area (Å²) in [7, 11) is 3.08. The number of benzene rings is 1. The number of carbonyl (C=O) groups is 2. The number of methoxy groups -OCH3 is 2. The van der Waals surface area contributed by atoms with Crippen molar-refractivity contribution >= 4 is 23.5 Å². The lowest BCUT2D eigenvalue weighted by Gasteiger charge is -2.20. The molecule has 1 aromatic heterocycles. The molecule has 0 saturated carbocycles. The number of H-pyrrole nitrogens is 1. The molecule has 2 amide bonds. The first-order valence-corrected chi connectivity index (χ1v) is 7.31. The molecule has 1 aromatic carbocycles. The SMILES string of the molecule is COc1ccc(N2C[C@H](C(=O)Nc3ncn[nH]3)CC2=O)c(OC)c1. The third-order valence-corrected chi connectivity index (χ3v) is 3.83. The van der Waals surface area contributed by atoms with Crippen molar-refractivity contribution in [3.8, 4) is 11.5 Å². The molecule has 0 bridgehead atoms. The molecule has 1 aliphatic rings. The van der Waals surface area contributed by atoms with E-state index in [4.69, 9.17) is 9.47 Å². The van der Waals surface area contributed by atoms with Gasteiger partial charge >= 0.3 is 0 Å². The lowest BCUT2D eigenvalue weighted by Crippen LogP contribution is -2.28. The normalized spacial score (nSPS) is 17.0. The molecule has 0 unspecified atom stereocenters. The van der Waals surface area contributed by atoms with E-state index in [0.29, 0.717) is 17.2 Å². The van der Waals surface area contributed by atoms with Crippen molar-refractivity contribution in [2.45, 2.75) is 6.42 Å². The number of nitrogens with one attached hydrogen (secondary N) is 2. The molecular formula is C15H17N5O4. The fraction of sp³-hybridized carbons (Fsp3) is 0.333. The summed E-state index contributed by atoms with van der Waals surface area (Å²) in [6.07, 6.45) is 1.42.